The maximum atomic E-state index is 12.4. The molecule has 1 aromatic rings. The molecule has 0 bridgehead atoms. The van der Waals surface area contributed by atoms with E-state index in [-0.39, 0.29) is 6.09 Å². The third-order valence-corrected chi connectivity index (χ3v) is 4.61. The van der Waals surface area contributed by atoms with Crippen molar-refractivity contribution in [2.75, 3.05) is 24.6 Å². The summed E-state index contributed by atoms with van der Waals surface area (Å²) in [5.41, 5.74) is 2.05. The molecule has 1 aromatic carbocycles. The average Bonchev–Trinajstić information content (AvgIpc) is 2.56. The van der Waals surface area contributed by atoms with Crippen LogP contribution in [0.25, 0.3) is 0 Å². The van der Waals surface area contributed by atoms with Crippen molar-refractivity contribution in [3.63, 3.8) is 0 Å². The summed E-state index contributed by atoms with van der Waals surface area (Å²) in [6.45, 7) is 9.07. The van der Waals surface area contributed by atoms with Gasteiger partial charge in [0.2, 0.25) is 0 Å². The molecule has 0 unspecified atom stereocenters. The third kappa shape index (κ3) is 9.54. The summed E-state index contributed by atoms with van der Waals surface area (Å²) in [6, 6.07) is 8.55. The van der Waals surface area contributed by atoms with Gasteiger partial charge >= 0.3 is 6.09 Å². The fourth-order valence-electron chi connectivity index (χ4n) is 2.32. The third-order valence-electron chi connectivity index (χ3n) is 3.66. The number of carbonyl (C=O) groups is 2. The molecule has 0 heterocycles. The number of rotatable bonds is 10. The van der Waals surface area contributed by atoms with Gasteiger partial charge in [0.1, 0.15) is 11.9 Å². The van der Waals surface area contributed by atoms with Crippen LogP contribution < -0.4 is 0 Å². The average molecular weight is 366 g/mol. The Kier molecular flexibility index (Phi) is 9.65. The Morgan fingerprint density at radius 2 is 1.80 bits per heavy atom. The maximum absolute atomic E-state index is 12.4. The van der Waals surface area contributed by atoms with Crippen molar-refractivity contribution in [1.82, 2.24) is 4.90 Å². The Labute approximate surface area is 156 Å². The summed E-state index contributed by atoms with van der Waals surface area (Å²) < 4.78 is 5.53. The van der Waals surface area contributed by atoms with Gasteiger partial charge in [0, 0.05) is 18.8 Å². The number of nitrogens with zero attached hydrogens (tertiary/aromatic N) is 1. The van der Waals surface area contributed by atoms with Gasteiger partial charge < -0.3 is 14.4 Å². The quantitative estimate of drug-likeness (QED) is 0.457. The van der Waals surface area contributed by atoms with E-state index in [0.29, 0.717) is 18.8 Å². The first-order chi connectivity index (χ1) is 11.9. The monoisotopic (exact) mass is 365 g/mol. The zero-order valence-electron chi connectivity index (χ0n) is 15.9. The maximum Gasteiger partial charge on any atom is 0.410 e. The topological polar surface area (TPSA) is 46.6 Å². The van der Waals surface area contributed by atoms with Gasteiger partial charge in [0.05, 0.1) is 0 Å². The molecule has 4 nitrogen and oxygen atoms in total. The minimum absolute atomic E-state index is 0.266. The highest BCUT2D eigenvalue weighted by Crippen LogP contribution is 2.13. The van der Waals surface area contributed by atoms with E-state index in [2.05, 4.69) is 31.2 Å². The summed E-state index contributed by atoms with van der Waals surface area (Å²) in [5, 5.41) is 0. The van der Waals surface area contributed by atoms with Crippen molar-refractivity contribution in [3.8, 4) is 0 Å². The van der Waals surface area contributed by atoms with Crippen molar-refractivity contribution >= 4 is 24.1 Å². The Balaban J connectivity index is 2.58. The van der Waals surface area contributed by atoms with Gasteiger partial charge in [-0.05, 0) is 56.9 Å². The van der Waals surface area contributed by atoms with Gasteiger partial charge in [-0.2, -0.15) is 11.8 Å². The van der Waals surface area contributed by atoms with E-state index in [1.54, 1.807) is 16.7 Å². The molecular weight excluding hydrogens is 334 g/mol. The van der Waals surface area contributed by atoms with Crippen molar-refractivity contribution in [2.45, 2.75) is 52.6 Å². The highest BCUT2D eigenvalue weighted by atomic mass is 32.2. The molecule has 140 valence electrons. The number of aryl methyl sites for hydroxylation is 1. The van der Waals surface area contributed by atoms with Crippen LogP contribution in [0.15, 0.2) is 24.3 Å². The zero-order valence-corrected chi connectivity index (χ0v) is 16.7. The highest BCUT2D eigenvalue weighted by molar-refractivity contribution is 7.99. The lowest BCUT2D eigenvalue weighted by atomic mass is 10.1. The minimum Gasteiger partial charge on any atom is -0.444 e. The molecule has 0 saturated heterocycles. The minimum atomic E-state index is -0.496. The largest absolute Gasteiger partial charge is 0.444 e. The Morgan fingerprint density at radius 3 is 2.36 bits per heavy atom. The van der Waals surface area contributed by atoms with Crippen molar-refractivity contribution < 1.29 is 14.3 Å². The van der Waals surface area contributed by atoms with Gasteiger partial charge in [-0.1, -0.05) is 31.2 Å². The summed E-state index contributed by atoms with van der Waals surface area (Å²) in [5.74, 6) is 1.37. The highest BCUT2D eigenvalue weighted by Gasteiger charge is 2.21. The molecule has 0 aliphatic rings. The Morgan fingerprint density at radius 1 is 1.16 bits per heavy atom. The predicted molar refractivity (Wildman–Crippen MR) is 105 cm³/mol. The number of carbonyl (C=O) groups excluding carboxylic acids is 2. The molecule has 0 spiro atoms. The van der Waals surface area contributed by atoms with Crippen molar-refractivity contribution in [1.29, 1.82) is 0 Å². The van der Waals surface area contributed by atoms with Gasteiger partial charge in [0.25, 0.3) is 0 Å². The molecule has 1 rings (SSSR count). The number of thioether (sulfide) groups is 1. The summed E-state index contributed by atoms with van der Waals surface area (Å²) in [6.07, 6.45) is 3.34. The van der Waals surface area contributed by atoms with E-state index in [4.69, 9.17) is 4.74 Å². The Bertz CT molecular complexity index is 523. The summed E-state index contributed by atoms with van der Waals surface area (Å²) in [7, 11) is 0. The van der Waals surface area contributed by atoms with Crippen molar-refractivity contribution in [3.05, 3.63) is 35.4 Å². The SMILES string of the molecule is CCc1ccc(CCN(CCCSCC=O)C(=O)OC(C)(C)C)cc1. The van der Waals surface area contributed by atoms with Gasteiger partial charge in [0.15, 0.2) is 0 Å². The van der Waals surface area contributed by atoms with Gasteiger partial charge in [-0.15, -0.1) is 0 Å². The van der Waals surface area contributed by atoms with Crippen LogP contribution in [-0.4, -0.2) is 47.5 Å². The van der Waals surface area contributed by atoms with Crippen LogP contribution in [0, 0.1) is 0 Å². The lowest BCUT2D eigenvalue weighted by molar-refractivity contribution is -0.105. The van der Waals surface area contributed by atoms with E-state index in [0.717, 1.165) is 31.3 Å². The van der Waals surface area contributed by atoms with Crippen molar-refractivity contribution in [2.24, 2.45) is 0 Å². The summed E-state index contributed by atoms with van der Waals surface area (Å²) >= 11 is 1.59. The van der Waals surface area contributed by atoms with E-state index < -0.39 is 5.60 Å². The van der Waals surface area contributed by atoms with Crippen LogP contribution in [0.2, 0.25) is 0 Å². The van der Waals surface area contributed by atoms with Gasteiger partial charge in [-0.25, -0.2) is 4.79 Å². The van der Waals surface area contributed by atoms with Gasteiger partial charge in [-0.3, -0.25) is 0 Å². The number of aldehydes is 1. The molecule has 5 heteroatoms. The number of amides is 1. The zero-order chi connectivity index (χ0) is 18.7. The smallest absolute Gasteiger partial charge is 0.410 e. The van der Waals surface area contributed by atoms with E-state index in [9.17, 15) is 9.59 Å². The number of hydrogen-bond donors (Lipinski definition) is 0. The fraction of sp³-hybridized carbons (Fsp3) is 0.600. The Hall–Kier alpha value is -1.49. The molecule has 0 radical (unpaired) electrons. The molecule has 0 N–H and O–H groups in total. The first kappa shape index (κ1) is 21.6. The molecule has 0 saturated carbocycles. The lowest BCUT2D eigenvalue weighted by Gasteiger charge is -2.27. The fourth-order valence-corrected chi connectivity index (χ4v) is 2.91. The van der Waals surface area contributed by atoms with Crippen LogP contribution in [0.1, 0.15) is 45.2 Å². The second-order valence-electron chi connectivity index (χ2n) is 6.98. The standard InChI is InChI=1S/C20H31NO3S/c1-5-17-7-9-18(10-8-17)11-13-21(12-6-15-25-16-14-22)19(23)24-20(2,3)4/h7-10,14H,5-6,11-13,15-16H2,1-4H3. The molecule has 0 aliphatic heterocycles. The number of hydrogen-bond acceptors (Lipinski definition) is 4. The summed E-state index contributed by atoms with van der Waals surface area (Å²) in [4.78, 5) is 24.6. The van der Waals surface area contributed by atoms with E-state index >= 15 is 0 Å². The molecular formula is C20H31NO3S. The van der Waals surface area contributed by atoms with Crippen LogP contribution >= 0.6 is 11.8 Å². The molecule has 0 atom stereocenters. The van der Waals surface area contributed by atoms with Crippen LogP contribution in [0.3, 0.4) is 0 Å². The first-order valence-corrected chi connectivity index (χ1v) is 10.1. The van der Waals surface area contributed by atoms with Crippen LogP contribution in [-0.2, 0) is 22.4 Å². The van der Waals surface area contributed by atoms with Crippen LogP contribution in [0.5, 0.6) is 0 Å². The first-order valence-electron chi connectivity index (χ1n) is 8.93. The molecule has 0 aliphatic carbocycles. The number of benzene rings is 1. The van der Waals surface area contributed by atoms with E-state index in [1.807, 2.05) is 20.8 Å². The van der Waals surface area contributed by atoms with E-state index in [1.165, 1.54) is 11.1 Å². The molecule has 0 aromatic heterocycles. The second-order valence-corrected chi connectivity index (χ2v) is 8.13. The second kappa shape index (κ2) is 11.2. The lowest BCUT2D eigenvalue weighted by Crippen LogP contribution is -2.38. The molecule has 0 fully saturated rings. The number of ether oxygens (including phenoxy) is 1. The molecule has 25 heavy (non-hydrogen) atoms. The predicted octanol–water partition coefficient (Wildman–Crippen LogP) is 4.35. The van der Waals surface area contributed by atoms with Crippen LogP contribution in [0.4, 0.5) is 4.79 Å². The molecule has 1 amide bonds. The normalized spacial score (nSPS) is 11.2.